The Balaban J connectivity index is 1.69. The van der Waals surface area contributed by atoms with Crippen LogP contribution in [0.4, 0.5) is 8.78 Å². The van der Waals surface area contributed by atoms with Crippen LogP contribution in [0.1, 0.15) is 38.2 Å². The Labute approximate surface area is 171 Å². The van der Waals surface area contributed by atoms with E-state index in [-0.39, 0.29) is 29.7 Å². The van der Waals surface area contributed by atoms with Crippen LogP contribution in [-0.4, -0.2) is 61.0 Å². The van der Waals surface area contributed by atoms with E-state index < -0.39 is 11.6 Å². The molecule has 7 heteroatoms. The zero-order valence-electron chi connectivity index (χ0n) is 17.2. The topological polar surface area (TPSA) is 49.9 Å². The molecule has 2 unspecified atom stereocenters. The highest BCUT2D eigenvalue weighted by Crippen LogP contribution is 2.29. The zero-order valence-corrected chi connectivity index (χ0v) is 17.2. The molecule has 0 radical (unpaired) electrons. The van der Waals surface area contributed by atoms with Gasteiger partial charge < -0.3 is 14.5 Å². The summed E-state index contributed by atoms with van der Waals surface area (Å²) in [4.78, 5) is 28.6. The number of carbonyl (C=O) groups is 2. The van der Waals surface area contributed by atoms with Crippen LogP contribution in [0.5, 0.6) is 0 Å². The summed E-state index contributed by atoms with van der Waals surface area (Å²) in [5.41, 5.74) is 0.411. The number of benzene rings is 1. The van der Waals surface area contributed by atoms with E-state index in [4.69, 9.17) is 4.74 Å². The zero-order chi connectivity index (χ0) is 21.0. The van der Waals surface area contributed by atoms with E-state index in [0.717, 1.165) is 25.3 Å². The summed E-state index contributed by atoms with van der Waals surface area (Å²) in [7, 11) is 1.76. The molecule has 0 bridgehead atoms. The van der Waals surface area contributed by atoms with Gasteiger partial charge >= 0.3 is 0 Å². The van der Waals surface area contributed by atoms with Crippen LogP contribution in [0, 0.1) is 23.5 Å². The summed E-state index contributed by atoms with van der Waals surface area (Å²) in [6, 6.07) is 3.41. The third-order valence-electron chi connectivity index (χ3n) is 6.31. The molecule has 1 aromatic carbocycles. The number of likely N-dealkylation sites (N-methyl/N-ethyl adjacent to an activating group) is 1. The molecule has 0 spiro atoms. The first kappa shape index (κ1) is 21.7. The number of carbonyl (C=O) groups excluding carboxylic acids is 2. The van der Waals surface area contributed by atoms with Gasteiger partial charge in [0.2, 0.25) is 11.8 Å². The van der Waals surface area contributed by atoms with E-state index >= 15 is 0 Å². The van der Waals surface area contributed by atoms with Gasteiger partial charge in [0.1, 0.15) is 11.6 Å². The van der Waals surface area contributed by atoms with Gasteiger partial charge in [0, 0.05) is 45.3 Å². The summed E-state index contributed by atoms with van der Waals surface area (Å²) < 4.78 is 32.9. The van der Waals surface area contributed by atoms with Crippen molar-refractivity contribution in [2.24, 2.45) is 11.8 Å². The molecule has 2 amide bonds. The predicted molar refractivity (Wildman–Crippen MR) is 105 cm³/mol. The molecule has 2 heterocycles. The Morgan fingerprint density at radius 2 is 1.97 bits per heavy atom. The maximum Gasteiger partial charge on any atom is 0.228 e. The lowest BCUT2D eigenvalue weighted by Crippen LogP contribution is -2.49. The molecule has 2 atom stereocenters. The molecule has 0 saturated carbocycles. The molecule has 2 aliphatic rings. The third kappa shape index (κ3) is 5.13. The van der Waals surface area contributed by atoms with E-state index in [1.165, 1.54) is 12.1 Å². The summed E-state index contributed by atoms with van der Waals surface area (Å²) >= 11 is 0. The Morgan fingerprint density at radius 1 is 1.24 bits per heavy atom. The number of amides is 2. The molecular formula is C22H30F2N2O3. The molecular weight excluding hydrogens is 378 g/mol. The maximum atomic E-state index is 14.3. The molecule has 160 valence electrons. The number of nitrogens with zero attached hydrogens (tertiary/aromatic N) is 2. The summed E-state index contributed by atoms with van der Waals surface area (Å²) in [5, 5.41) is 0. The van der Waals surface area contributed by atoms with E-state index in [9.17, 15) is 18.4 Å². The minimum atomic E-state index is -0.608. The third-order valence-corrected chi connectivity index (χ3v) is 6.31. The molecule has 29 heavy (non-hydrogen) atoms. The number of rotatable bonds is 6. The molecule has 2 saturated heterocycles. The van der Waals surface area contributed by atoms with E-state index in [0.29, 0.717) is 44.7 Å². The molecule has 0 aliphatic carbocycles. The number of ether oxygens (including phenoxy) is 1. The van der Waals surface area contributed by atoms with Gasteiger partial charge in [-0.05, 0) is 43.2 Å². The normalized spacial score (nSPS) is 21.2. The van der Waals surface area contributed by atoms with Gasteiger partial charge in [0.15, 0.2) is 0 Å². The van der Waals surface area contributed by atoms with E-state index in [1.54, 1.807) is 18.9 Å². The molecule has 2 fully saturated rings. The number of halogens is 2. The standard InChI is InChI=1S/C22H30F2N2O3/c1-3-21(27)25(2)20(12-16-4-5-18(23)13-19(16)24)15-6-9-26(10-7-15)22(28)17-8-11-29-14-17/h4-5,13,15,17,20H,3,6-12,14H2,1-2H3. The SMILES string of the molecule is CCC(=O)N(C)C(Cc1ccc(F)cc1F)C1CCN(C(=O)C2CCOC2)CC1. The maximum absolute atomic E-state index is 14.3. The molecule has 5 nitrogen and oxygen atoms in total. The van der Waals surface area contributed by atoms with Crippen LogP contribution in [-0.2, 0) is 20.7 Å². The van der Waals surface area contributed by atoms with Crippen LogP contribution in [0.15, 0.2) is 18.2 Å². The molecule has 2 aliphatic heterocycles. The monoisotopic (exact) mass is 408 g/mol. The summed E-state index contributed by atoms with van der Waals surface area (Å²) in [6.45, 7) is 4.22. The Hall–Kier alpha value is -2.02. The highest BCUT2D eigenvalue weighted by atomic mass is 19.1. The Morgan fingerprint density at radius 3 is 2.55 bits per heavy atom. The first-order chi connectivity index (χ1) is 13.9. The molecule has 0 aromatic heterocycles. The van der Waals surface area contributed by atoms with Gasteiger partial charge in [-0.15, -0.1) is 0 Å². The van der Waals surface area contributed by atoms with Gasteiger partial charge in [-0.25, -0.2) is 8.78 Å². The van der Waals surface area contributed by atoms with Gasteiger partial charge in [0.05, 0.1) is 12.5 Å². The first-order valence-corrected chi connectivity index (χ1v) is 10.5. The second-order valence-electron chi connectivity index (χ2n) is 8.09. The van der Waals surface area contributed by atoms with Gasteiger partial charge in [-0.1, -0.05) is 13.0 Å². The van der Waals surface area contributed by atoms with E-state index in [1.807, 2.05) is 4.90 Å². The van der Waals surface area contributed by atoms with Crippen molar-refractivity contribution < 1.29 is 23.1 Å². The lowest BCUT2D eigenvalue weighted by Gasteiger charge is -2.40. The number of hydrogen-bond acceptors (Lipinski definition) is 3. The summed E-state index contributed by atoms with van der Waals surface area (Å²) in [6.07, 6.45) is 3.00. The highest BCUT2D eigenvalue weighted by Gasteiger charge is 2.35. The minimum Gasteiger partial charge on any atom is -0.381 e. The number of piperidine rings is 1. The molecule has 3 rings (SSSR count). The minimum absolute atomic E-state index is 0.000805. The van der Waals surface area contributed by atoms with Crippen LogP contribution < -0.4 is 0 Å². The van der Waals surface area contributed by atoms with Crippen LogP contribution in [0.2, 0.25) is 0 Å². The van der Waals surface area contributed by atoms with Gasteiger partial charge in [0.25, 0.3) is 0 Å². The van der Waals surface area contributed by atoms with Crippen molar-refractivity contribution in [1.29, 1.82) is 0 Å². The van der Waals surface area contributed by atoms with E-state index in [2.05, 4.69) is 0 Å². The van der Waals surface area contributed by atoms with Crippen molar-refractivity contribution in [3.63, 3.8) is 0 Å². The average Bonchev–Trinajstić information content (AvgIpc) is 3.27. The lowest BCUT2D eigenvalue weighted by atomic mass is 9.84. The molecule has 1 aromatic rings. The first-order valence-electron chi connectivity index (χ1n) is 10.5. The smallest absolute Gasteiger partial charge is 0.228 e. The average molecular weight is 408 g/mol. The van der Waals surface area contributed by atoms with Crippen molar-refractivity contribution in [2.45, 2.75) is 45.1 Å². The second kappa shape index (κ2) is 9.65. The van der Waals surface area contributed by atoms with Crippen LogP contribution in [0.3, 0.4) is 0 Å². The van der Waals surface area contributed by atoms with Gasteiger partial charge in [-0.2, -0.15) is 0 Å². The largest absolute Gasteiger partial charge is 0.381 e. The fourth-order valence-corrected chi connectivity index (χ4v) is 4.46. The van der Waals surface area contributed by atoms with Crippen molar-refractivity contribution in [2.75, 3.05) is 33.4 Å². The van der Waals surface area contributed by atoms with Crippen LogP contribution in [0.25, 0.3) is 0 Å². The Kier molecular flexibility index (Phi) is 7.22. The second-order valence-corrected chi connectivity index (χ2v) is 8.09. The van der Waals surface area contributed by atoms with Crippen molar-refractivity contribution in [3.8, 4) is 0 Å². The number of likely N-dealkylation sites (tertiary alicyclic amines) is 1. The Bertz CT molecular complexity index is 729. The fourth-order valence-electron chi connectivity index (χ4n) is 4.46. The molecule has 0 N–H and O–H groups in total. The van der Waals surface area contributed by atoms with Crippen LogP contribution >= 0.6 is 0 Å². The number of hydrogen-bond donors (Lipinski definition) is 0. The summed E-state index contributed by atoms with van der Waals surface area (Å²) in [5.74, 6) is -0.923. The van der Waals surface area contributed by atoms with Crippen molar-refractivity contribution in [3.05, 3.63) is 35.4 Å². The highest BCUT2D eigenvalue weighted by molar-refractivity contribution is 5.79. The quantitative estimate of drug-likeness (QED) is 0.727. The van der Waals surface area contributed by atoms with Crippen molar-refractivity contribution >= 4 is 11.8 Å². The fraction of sp³-hybridized carbons (Fsp3) is 0.636. The van der Waals surface area contributed by atoms with Crippen molar-refractivity contribution in [1.82, 2.24) is 9.80 Å². The lowest BCUT2D eigenvalue weighted by molar-refractivity contribution is -0.139. The predicted octanol–water partition coefficient (Wildman–Crippen LogP) is 3.02. The van der Waals surface area contributed by atoms with Gasteiger partial charge in [-0.3, -0.25) is 9.59 Å².